The molecule has 0 aliphatic heterocycles. The molecule has 148 valence electrons. The Kier molecular flexibility index (Phi) is 6.09. The summed E-state index contributed by atoms with van der Waals surface area (Å²) in [6.45, 7) is 4.17. The van der Waals surface area contributed by atoms with Crippen LogP contribution in [0.2, 0.25) is 0 Å². The van der Waals surface area contributed by atoms with Gasteiger partial charge in [-0.05, 0) is 67.3 Å². The SMILES string of the molecule is C=C(N)CNC.Fc1ccc(-c2[nH]c3c(F)cc(F)cc3c2C2CCC2)cc1. The van der Waals surface area contributed by atoms with Gasteiger partial charge in [-0.15, -0.1) is 0 Å². The maximum Gasteiger partial charge on any atom is 0.150 e. The summed E-state index contributed by atoms with van der Waals surface area (Å²) in [5.41, 5.74) is 8.66. The average Bonchev–Trinajstić information content (AvgIpc) is 2.94. The van der Waals surface area contributed by atoms with Gasteiger partial charge in [0.1, 0.15) is 17.5 Å². The highest BCUT2D eigenvalue weighted by atomic mass is 19.1. The Balaban J connectivity index is 0.000000330. The summed E-state index contributed by atoms with van der Waals surface area (Å²) in [5, 5.41) is 3.44. The van der Waals surface area contributed by atoms with Crippen LogP contribution in [0.25, 0.3) is 22.2 Å². The monoisotopic (exact) mass is 387 g/mol. The fourth-order valence-electron chi connectivity index (χ4n) is 3.43. The molecule has 1 heterocycles. The van der Waals surface area contributed by atoms with E-state index in [2.05, 4.69) is 16.9 Å². The molecule has 28 heavy (non-hydrogen) atoms. The molecule has 1 saturated carbocycles. The van der Waals surface area contributed by atoms with Gasteiger partial charge in [-0.1, -0.05) is 13.0 Å². The zero-order chi connectivity index (χ0) is 20.3. The van der Waals surface area contributed by atoms with Gasteiger partial charge in [-0.3, -0.25) is 0 Å². The number of aromatic amines is 1. The van der Waals surface area contributed by atoms with Crippen molar-refractivity contribution in [3.05, 3.63) is 71.7 Å². The van der Waals surface area contributed by atoms with Gasteiger partial charge >= 0.3 is 0 Å². The minimum absolute atomic E-state index is 0.301. The Labute approximate surface area is 162 Å². The highest BCUT2D eigenvalue weighted by molar-refractivity contribution is 5.92. The number of fused-ring (bicyclic) bond motifs is 1. The van der Waals surface area contributed by atoms with Crippen molar-refractivity contribution in [3.63, 3.8) is 0 Å². The molecule has 1 aromatic heterocycles. The number of hydrogen-bond donors (Lipinski definition) is 3. The van der Waals surface area contributed by atoms with Crippen LogP contribution in [0.3, 0.4) is 0 Å². The van der Waals surface area contributed by atoms with E-state index in [9.17, 15) is 13.2 Å². The fraction of sp³-hybridized carbons (Fsp3) is 0.273. The minimum Gasteiger partial charge on any atom is -0.401 e. The molecule has 3 aromatic rings. The van der Waals surface area contributed by atoms with Gasteiger partial charge in [0.25, 0.3) is 0 Å². The highest BCUT2D eigenvalue weighted by Crippen LogP contribution is 2.45. The summed E-state index contributed by atoms with van der Waals surface area (Å²) < 4.78 is 40.8. The summed E-state index contributed by atoms with van der Waals surface area (Å²) in [5.74, 6) is -1.18. The molecule has 1 aliphatic carbocycles. The molecule has 0 saturated heterocycles. The van der Waals surface area contributed by atoms with Crippen molar-refractivity contribution in [1.82, 2.24) is 10.3 Å². The second-order valence-electron chi connectivity index (χ2n) is 7.05. The van der Waals surface area contributed by atoms with Crippen LogP contribution in [-0.2, 0) is 0 Å². The Bertz CT molecular complexity index is 973. The molecule has 2 aromatic carbocycles. The van der Waals surface area contributed by atoms with Crippen molar-refractivity contribution in [2.24, 2.45) is 5.73 Å². The van der Waals surface area contributed by atoms with Crippen LogP contribution >= 0.6 is 0 Å². The van der Waals surface area contributed by atoms with Crippen LogP contribution in [-0.4, -0.2) is 18.6 Å². The summed E-state index contributed by atoms with van der Waals surface area (Å²) in [4.78, 5) is 3.08. The quantitative estimate of drug-likeness (QED) is 0.576. The van der Waals surface area contributed by atoms with Crippen molar-refractivity contribution < 1.29 is 13.2 Å². The first-order valence-electron chi connectivity index (χ1n) is 9.25. The van der Waals surface area contributed by atoms with Gasteiger partial charge in [0.15, 0.2) is 0 Å². The minimum atomic E-state index is -0.594. The van der Waals surface area contributed by atoms with E-state index in [0.29, 0.717) is 29.1 Å². The molecule has 0 radical (unpaired) electrons. The lowest BCUT2D eigenvalue weighted by atomic mass is 9.78. The molecule has 1 aliphatic rings. The number of likely N-dealkylation sites (N-methyl/N-ethyl adjacent to an activating group) is 1. The molecule has 0 amide bonds. The van der Waals surface area contributed by atoms with E-state index in [4.69, 9.17) is 5.73 Å². The van der Waals surface area contributed by atoms with Gasteiger partial charge < -0.3 is 16.0 Å². The lowest BCUT2D eigenvalue weighted by Gasteiger charge is -2.26. The predicted molar refractivity (Wildman–Crippen MR) is 107 cm³/mol. The fourth-order valence-corrected chi connectivity index (χ4v) is 3.43. The van der Waals surface area contributed by atoms with Crippen LogP contribution in [0.1, 0.15) is 30.7 Å². The summed E-state index contributed by atoms with van der Waals surface area (Å²) >= 11 is 0. The number of benzene rings is 2. The molecule has 4 rings (SSSR count). The van der Waals surface area contributed by atoms with Crippen molar-refractivity contribution in [1.29, 1.82) is 0 Å². The molecular formula is C22H24F3N3. The van der Waals surface area contributed by atoms with Crippen molar-refractivity contribution in [3.8, 4) is 11.3 Å². The largest absolute Gasteiger partial charge is 0.401 e. The third-order valence-corrected chi connectivity index (χ3v) is 4.91. The normalized spacial score (nSPS) is 13.7. The van der Waals surface area contributed by atoms with Crippen molar-refractivity contribution in [2.45, 2.75) is 25.2 Å². The molecule has 0 atom stereocenters. The first kappa shape index (κ1) is 20.0. The molecule has 3 nitrogen and oxygen atoms in total. The van der Waals surface area contributed by atoms with E-state index in [-0.39, 0.29) is 5.82 Å². The number of nitrogens with one attached hydrogen (secondary N) is 2. The van der Waals surface area contributed by atoms with Crippen LogP contribution in [0, 0.1) is 17.5 Å². The van der Waals surface area contributed by atoms with Crippen LogP contribution in [0.4, 0.5) is 13.2 Å². The molecule has 4 N–H and O–H groups in total. The second-order valence-corrected chi connectivity index (χ2v) is 7.05. The number of aromatic nitrogens is 1. The first-order chi connectivity index (χ1) is 13.4. The number of nitrogens with two attached hydrogens (primary N) is 1. The van der Waals surface area contributed by atoms with Gasteiger partial charge in [0, 0.05) is 23.7 Å². The van der Waals surface area contributed by atoms with Gasteiger partial charge in [0.05, 0.1) is 11.2 Å². The van der Waals surface area contributed by atoms with E-state index >= 15 is 0 Å². The van der Waals surface area contributed by atoms with Crippen LogP contribution in [0.15, 0.2) is 48.7 Å². The second kappa shape index (κ2) is 8.52. The topological polar surface area (TPSA) is 53.8 Å². The highest BCUT2D eigenvalue weighted by Gasteiger charge is 2.27. The Morgan fingerprint density at radius 3 is 2.32 bits per heavy atom. The van der Waals surface area contributed by atoms with Crippen molar-refractivity contribution >= 4 is 10.9 Å². The van der Waals surface area contributed by atoms with E-state index in [0.717, 1.165) is 42.1 Å². The third kappa shape index (κ3) is 4.22. The maximum absolute atomic E-state index is 14.1. The molecule has 6 heteroatoms. The average molecular weight is 387 g/mol. The van der Waals surface area contributed by atoms with Crippen molar-refractivity contribution in [2.75, 3.05) is 13.6 Å². The van der Waals surface area contributed by atoms with Gasteiger partial charge in [-0.25, -0.2) is 13.2 Å². The Morgan fingerprint density at radius 1 is 1.14 bits per heavy atom. The van der Waals surface area contributed by atoms with Crippen LogP contribution < -0.4 is 11.1 Å². The van der Waals surface area contributed by atoms with E-state index in [1.54, 1.807) is 12.1 Å². The molecular weight excluding hydrogens is 363 g/mol. The van der Waals surface area contributed by atoms with E-state index < -0.39 is 11.6 Å². The number of halogens is 3. The summed E-state index contributed by atoms with van der Waals surface area (Å²) in [6.07, 6.45) is 3.15. The molecule has 0 bridgehead atoms. The zero-order valence-electron chi connectivity index (χ0n) is 15.8. The molecule has 0 unspecified atom stereocenters. The molecule has 1 fully saturated rings. The van der Waals surface area contributed by atoms with Crippen LogP contribution in [0.5, 0.6) is 0 Å². The lowest BCUT2D eigenvalue weighted by molar-refractivity contribution is 0.423. The molecule has 0 spiro atoms. The summed E-state index contributed by atoms with van der Waals surface area (Å²) in [7, 11) is 1.83. The van der Waals surface area contributed by atoms with Gasteiger partial charge in [-0.2, -0.15) is 0 Å². The predicted octanol–water partition coefficient (Wildman–Crippen LogP) is 5.20. The maximum atomic E-state index is 14.1. The summed E-state index contributed by atoms with van der Waals surface area (Å²) in [6, 6.07) is 8.35. The number of rotatable bonds is 4. The zero-order valence-corrected chi connectivity index (χ0v) is 15.8. The smallest absolute Gasteiger partial charge is 0.150 e. The first-order valence-corrected chi connectivity index (χ1v) is 9.25. The Hall–Kier alpha value is -2.73. The third-order valence-electron chi connectivity index (χ3n) is 4.91. The number of hydrogen-bond acceptors (Lipinski definition) is 2. The standard InChI is InChI=1S/C18H14F3N.C4H10N2/c19-12-6-4-11(5-7-12)17-16(10-2-1-3-10)14-8-13(20)9-15(21)18(14)22-17;1-4(5)3-6-2/h4-10,22H,1-3H2;6H,1,3,5H2,2H3. The Morgan fingerprint density at radius 2 is 1.82 bits per heavy atom. The van der Waals surface area contributed by atoms with E-state index in [1.165, 1.54) is 18.2 Å². The van der Waals surface area contributed by atoms with Gasteiger partial charge in [0.2, 0.25) is 0 Å². The van der Waals surface area contributed by atoms with E-state index in [1.807, 2.05) is 7.05 Å². The lowest BCUT2D eigenvalue weighted by Crippen LogP contribution is -2.14. The number of H-pyrrole nitrogens is 1.